The van der Waals surface area contributed by atoms with Gasteiger partial charge >= 0.3 is 0 Å². The molecule has 0 aromatic heterocycles. The molecule has 0 radical (unpaired) electrons. The third-order valence-electron chi connectivity index (χ3n) is 2.58. The van der Waals surface area contributed by atoms with Crippen molar-refractivity contribution in [3.63, 3.8) is 0 Å². The zero-order valence-electron chi connectivity index (χ0n) is 8.68. The largest absolute Gasteiger partial charge is 0.497 e. The molecule has 0 bridgehead atoms. The summed E-state index contributed by atoms with van der Waals surface area (Å²) < 4.78 is 5.55. The Balaban J connectivity index is 2.35. The Labute approximate surface area is 80.6 Å². The van der Waals surface area contributed by atoms with Crippen LogP contribution in [0.3, 0.4) is 0 Å². The van der Waals surface area contributed by atoms with Crippen LogP contribution in [0.4, 0.5) is 0 Å². The van der Waals surface area contributed by atoms with E-state index in [1.54, 1.807) is 0 Å². The summed E-state index contributed by atoms with van der Waals surface area (Å²) in [6.07, 6.45) is 6.32. The molecule has 76 valence electrons. The van der Waals surface area contributed by atoms with E-state index < -0.39 is 0 Å². The summed E-state index contributed by atoms with van der Waals surface area (Å²) in [5.74, 6) is 1.14. The molecule has 0 aromatic carbocycles. The van der Waals surface area contributed by atoms with Crippen LogP contribution in [0.1, 0.15) is 39.5 Å². The van der Waals surface area contributed by atoms with E-state index in [1.165, 1.54) is 0 Å². The number of aliphatic hydroxyl groups excluding tert-OH is 1. The van der Waals surface area contributed by atoms with Crippen molar-refractivity contribution in [2.75, 3.05) is 13.2 Å². The van der Waals surface area contributed by atoms with E-state index in [9.17, 15) is 0 Å². The van der Waals surface area contributed by atoms with Crippen LogP contribution in [-0.2, 0) is 4.74 Å². The Bertz CT molecular complexity index is 183. The van der Waals surface area contributed by atoms with E-state index in [2.05, 4.69) is 19.9 Å². The molecule has 0 atom stereocenters. The fourth-order valence-corrected chi connectivity index (χ4v) is 1.69. The maximum absolute atomic E-state index is 8.68. The molecule has 0 amide bonds. The van der Waals surface area contributed by atoms with Gasteiger partial charge in [-0.15, -0.1) is 0 Å². The monoisotopic (exact) mass is 184 g/mol. The average Bonchev–Trinajstić information content (AvgIpc) is 2.56. The van der Waals surface area contributed by atoms with E-state index in [0.29, 0.717) is 6.61 Å². The Morgan fingerprint density at radius 3 is 2.77 bits per heavy atom. The van der Waals surface area contributed by atoms with Crippen molar-refractivity contribution in [3.8, 4) is 0 Å². The summed E-state index contributed by atoms with van der Waals surface area (Å²) in [6, 6.07) is 0. The molecule has 13 heavy (non-hydrogen) atoms. The zero-order valence-corrected chi connectivity index (χ0v) is 8.68. The predicted molar refractivity (Wildman–Crippen MR) is 53.4 cm³/mol. The minimum atomic E-state index is 0.158. The molecule has 1 N–H and O–H groups in total. The maximum atomic E-state index is 8.68. The summed E-state index contributed by atoms with van der Waals surface area (Å²) in [5.41, 5.74) is 0.158. The number of allylic oxidation sites excluding steroid dienone is 1. The fourth-order valence-electron chi connectivity index (χ4n) is 1.69. The molecule has 1 aliphatic heterocycles. The van der Waals surface area contributed by atoms with Crippen LogP contribution < -0.4 is 0 Å². The van der Waals surface area contributed by atoms with Crippen LogP contribution in [0.15, 0.2) is 11.8 Å². The third-order valence-corrected chi connectivity index (χ3v) is 2.58. The van der Waals surface area contributed by atoms with Crippen molar-refractivity contribution in [2.24, 2.45) is 5.41 Å². The molecular formula is C11H20O2. The first kappa shape index (κ1) is 10.6. The van der Waals surface area contributed by atoms with Gasteiger partial charge in [0.2, 0.25) is 0 Å². The molecular weight excluding hydrogens is 164 g/mol. The molecule has 2 nitrogen and oxygen atoms in total. The van der Waals surface area contributed by atoms with E-state index in [1.807, 2.05) is 0 Å². The van der Waals surface area contributed by atoms with Gasteiger partial charge in [-0.2, -0.15) is 0 Å². The van der Waals surface area contributed by atoms with Gasteiger partial charge in [0.15, 0.2) is 0 Å². The van der Waals surface area contributed by atoms with Gasteiger partial charge in [0.1, 0.15) is 0 Å². The highest BCUT2D eigenvalue weighted by Gasteiger charge is 2.26. The van der Waals surface area contributed by atoms with Crippen LogP contribution in [-0.4, -0.2) is 18.3 Å². The highest BCUT2D eigenvalue weighted by Crippen LogP contribution is 2.35. The van der Waals surface area contributed by atoms with Crippen LogP contribution >= 0.6 is 0 Å². The minimum Gasteiger partial charge on any atom is -0.497 e. The molecule has 0 unspecified atom stereocenters. The smallest absolute Gasteiger partial charge is 0.0977 e. The normalized spacial score (nSPS) is 17.0. The van der Waals surface area contributed by atoms with E-state index >= 15 is 0 Å². The molecule has 0 saturated heterocycles. The SMILES string of the molecule is CC(C)(CCCCO)C1=CCCO1. The molecule has 0 saturated carbocycles. The second-order valence-corrected chi connectivity index (χ2v) is 4.27. The summed E-state index contributed by atoms with van der Waals surface area (Å²) in [5, 5.41) is 8.68. The molecule has 0 fully saturated rings. The first-order chi connectivity index (χ1) is 6.17. The molecule has 2 heteroatoms. The van der Waals surface area contributed by atoms with Crippen LogP contribution in [0.2, 0.25) is 0 Å². The van der Waals surface area contributed by atoms with Gasteiger partial charge in [-0.25, -0.2) is 0 Å². The van der Waals surface area contributed by atoms with Gasteiger partial charge in [0.25, 0.3) is 0 Å². The van der Waals surface area contributed by atoms with E-state index in [4.69, 9.17) is 9.84 Å². The summed E-state index contributed by atoms with van der Waals surface area (Å²) in [6.45, 7) is 5.57. The maximum Gasteiger partial charge on any atom is 0.0977 e. The summed E-state index contributed by atoms with van der Waals surface area (Å²) in [4.78, 5) is 0. The molecule has 1 heterocycles. The second-order valence-electron chi connectivity index (χ2n) is 4.27. The van der Waals surface area contributed by atoms with Gasteiger partial charge in [-0.05, 0) is 18.9 Å². The van der Waals surface area contributed by atoms with Crippen molar-refractivity contribution >= 4 is 0 Å². The molecule has 1 aliphatic rings. The third kappa shape index (κ3) is 3.03. The standard InChI is InChI=1S/C11H20O2/c1-11(2,7-3-4-8-12)10-6-5-9-13-10/h6,12H,3-5,7-9H2,1-2H3. The quantitative estimate of drug-likeness (QED) is 0.665. The lowest BCUT2D eigenvalue weighted by Crippen LogP contribution is -2.15. The number of hydrogen-bond acceptors (Lipinski definition) is 2. The number of unbranched alkanes of at least 4 members (excludes halogenated alkanes) is 1. The van der Waals surface area contributed by atoms with Crippen LogP contribution in [0, 0.1) is 5.41 Å². The van der Waals surface area contributed by atoms with Gasteiger partial charge in [0.05, 0.1) is 12.4 Å². The Morgan fingerprint density at radius 2 is 2.23 bits per heavy atom. The van der Waals surface area contributed by atoms with E-state index in [0.717, 1.165) is 38.0 Å². The molecule has 0 aliphatic carbocycles. The van der Waals surface area contributed by atoms with Crippen molar-refractivity contribution in [1.82, 2.24) is 0 Å². The fraction of sp³-hybridized carbons (Fsp3) is 0.818. The lowest BCUT2D eigenvalue weighted by atomic mass is 9.85. The van der Waals surface area contributed by atoms with Crippen LogP contribution in [0.25, 0.3) is 0 Å². The highest BCUT2D eigenvalue weighted by atomic mass is 16.5. The lowest BCUT2D eigenvalue weighted by Gasteiger charge is -2.25. The lowest BCUT2D eigenvalue weighted by molar-refractivity contribution is 0.159. The van der Waals surface area contributed by atoms with Gasteiger partial charge in [-0.1, -0.05) is 20.3 Å². The van der Waals surface area contributed by atoms with Crippen molar-refractivity contribution in [1.29, 1.82) is 0 Å². The van der Waals surface area contributed by atoms with E-state index in [-0.39, 0.29) is 5.41 Å². The molecule has 0 aromatic rings. The Morgan fingerprint density at radius 1 is 1.46 bits per heavy atom. The van der Waals surface area contributed by atoms with Crippen molar-refractivity contribution < 1.29 is 9.84 Å². The number of aliphatic hydroxyl groups is 1. The first-order valence-electron chi connectivity index (χ1n) is 5.11. The summed E-state index contributed by atoms with van der Waals surface area (Å²) >= 11 is 0. The molecule has 1 rings (SSSR count). The average molecular weight is 184 g/mol. The summed E-state index contributed by atoms with van der Waals surface area (Å²) in [7, 11) is 0. The Hall–Kier alpha value is -0.500. The number of rotatable bonds is 5. The topological polar surface area (TPSA) is 29.5 Å². The molecule has 0 spiro atoms. The van der Waals surface area contributed by atoms with Gasteiger partial charge in [0, 0.05) is 18.4 Å². The van der Waals surface area contributed by atoms with Gasteiger partial charge in [-0.3, -0.25) is 0 Å². The number of ether oxygens (including phenoxy) is 1. The van der Waals surface area contributed by atoms with Crippen LogP contribution in [0.5, 0.6) is 0 Å². The van der Waals surface area contributed by atoms with Crippen molar-refractivity contribution in [3.05, 3.63) is 11.8 Å². The highest BCUT2D eigenvalue weighted by molar-refractivity contribution is 5.08. The van der Waals surface area contributed by atoms with Gasteiger partial charge < -0.3 is 9.84 Å². The van der Waals surface area contributed by atoms with Crippen molar-refractivity contribution in [2.45, 2.75) is 39.5 Å². The zero-order chi connectivity index (χ0) is 9.73. The second kappa shape index (κ2) is 4.66. The predicted octanol–water partition coefficient (Wildman–Crippen LogP) is 2.48. The first-order valence-corrected chi connectivity index (χ1v) is 5.11. The Kier molecular flexibility index (Phi) is 3.79. The number of hydrogen-bond donors (Lipinski definition) is 1. The minimum absolute atomic E-state index is 0.158.